The van der Waals surface area contributed by atoms with Crippen molar-refractivity contribution in [1.29, 1.82) is 0 Å². The number of nitrogens with zero attached hydrogens (tertiary/aromatic N) is 3. The highest BCUT2D eigenvalue weighted by atomic mass is 32.1. The minimum Gasteiger partial charge on any atom is -0.486 e. The predicted molar refractivity (Wildman–Crippen MR) is 112 cm³/mol. The molecule has 152 valence electrons. The van der Waals surface area contributed by atoms with Crippen LogP contribution in [0.2, 0.25) is 0 Å². The Morgan fingerprint density at radius 2 is 2.00 bits per heavy atom. The Morgan fingerprint density at radius 1 is 1.24 bits per heavy atom. The summed E-state index contributed by atoms with van der Waals surface area (Å²) in [6, 6.07) is 5.80. The highest BCUT2D eigenvalue weighted by Gasteiger charge is 2.18. The van der Waals surface area contributed by atoms with Gasteiger partial charge in [0.05, 0.1) is 11.4 Å². The molecule has 3 aromatic rings. The minimum absolute atomic E-state index is 0.213. The Kier molecular flexibility index (Phi) is 6.17. The first-order valence-corrected chi connectivity index (χ1v) is 11.1. The lowest BCUT2D eigenvalue weighted by molar-refractivity contribution is 0.103. The Labute approximate surface area is 176 Å². The number of anilines is 1. The fourth-order valence-corrected chi connectivity index (χ4v) is 4.73. The molecule has 0 spiro atoms. The topological polar surface area (TPSA) is 67.3 Å². The molecule has 6 nitrogen and oxygen atoms in total. The molecule has 0 unspecified atom stereocenters. The molecule has 2 aromatic heterocycles. The summed E-state index contributed by atoms with van der Waals surface area (Å²) in [5.41, 5.74) is 1.64. The van der Waals surface area contributed by atoms with Crippen LogP contribution in [0.1, 0.15) is 38.9 Å². The van der Waals surface area contributed by atoms with Crippen LogP contribution in [0.4, 0.5) is 9.52 Å². The molecule has 1 aromatic carbocycles. The minimum atomic E-state index is -0.313. The van der Waals surface area contributed by atoms with Crippen LogP contribution in [-0.2, 0) is 13.2 Å². The Hall–Kier alpha value is -2.36. The molecule has 0 bridgehead atoms. The van der Waals surface area contributed by atoms with Crippen LogP contribution in [-0.4, -0.2) is 33.9 Å². The smallest absolute Gasteiger partial charge is 0.269 e. The van der Waals surface area contributed by atoms with Gasteiger partial charge in [0.25, 0.3) is 5.91 Å². The molecular formula is C20H21FN4O2S2. The zero-order valence-corrected chi connectivity index (χ0v) is 17.6. The van der Waals surface area contributed by atoms with Crippen LogP contribution >= 0.6 is 22.7 Å². The highest BCUT2D eigenvalue weighted by Crippen LogP contribution is 2.24. The summed E-state index contributed by atoms with van der Waals surface area (Å²) in [4.78, 5) is 24.5. The molecule has 1 aliphatic heterocycles. The number of carbonyl (C=O) groups excluding carboxylic acids is 1. The Morgan fingerprint density at radius 3 is 2.76 bits per heavy atom. The zero-order valence-electron chi connectivity index (χ0n) is 16.0. The molecule has 1 aliphatic rings. The van der Waals surface area contributed by atoms with Crippen molar-refractivity contribution in [3.05, 3.63) is 56.7 Å². The molecule has 0 saturated carbocycles. The summed E-state index contributed by atoms with van der Waals surface area (Å²) in [7, 11) is 0. The Bertz CT molecular complexity index is 981. The van der Waals surface area contributed by atoms with E-state index < -0.39 is 0 Å². The monoisotopic (exact) mass is 432 g/mol. The number of amides is 1. The van der Waals surface area contributed by atoms with Crippen LogP contribution in [0, 0.1) is 12.7 Å². The number of aryl methyl sites for hydroxylation is 1. The van der Waals surface area contributed by atoms with Crippen LogP contribution in [0.15, 0.2) is 29.6 Å². The van der Waals surface area contributed by atoms with E-state index in [1.54, 1.807) is 19.1 Å². The first-order chi connectivity index (χ1) is 14.1. The van der Waals surface area contributed by atoms with Crippen molar-refractivity contribution < 1.29 is 13.9 Å². The second kappa shape index (κ2) is 8.98. The fraction of sp³-hybridized carbons (Fsp3) is 0.350. The van der Waals surface area contributed by atoms with E-state index in [0.717, 1.165) is 25.3 Å². The van der Waals surface area contributed by atoms with Gasteiger partial charge in [0, 0.05) is 11.9 Å². The van der Waals surface area contributed by atoms with E-state index in [-0.39, 0.29) is 18.3 Å². The lowest BCUT2D eigenvalue weighted by atomic mass is 10.3. The van der Waals surface area contributed by atoms with Crippen LogP contribution in [0.25, 0.3) is 0 Å². The maximum absolute atomic E-state index is 13.0. The normalized spacial score (nSPS) is 14.3. The summed E-state index contributed by atoms with van der Waals surface area (Å²) in [5, 5.41) is 6.16. The van der Waals surface area contributed by atoms with E-state index in [1.165, 1.54) is 47.6 Å². The van der Waals surface area contributed by atoms with E-state index in [0.29, 0.717) is 26.5 Å². The molecule has 29 heavy (non-hydrogen) atoms. The van der Waals surface area contributed by atoms with Gasteiger partial charge in [0.15, 0.2) is 5.13 Å². The van der Waals surface area contributed by atoms with Gasteiger partial charge in [-0.25, -0.2) is 14.4 Å². The SMILES string of the molecule is Cc1nc(COc2ccc(F)cc2)sc1C(=O)Nc1nc(CN2CCCC2)cs1. The molecule has 0 radical (unpaired) electrons. The quantitative estimate of drug-likeness (QED) is 0.596. The number of likely N-dealkylation sites (tertiary alicyclic amines) is 1. The van der Waals surface area contributed by atoms with Gasteiger partial charge in [-0.05, 0) is 57.1 Å². The van der Waals surface area contributed by atoms with Gasteiger partial charge in [0.2, 0.25) is 0 Å². The largest absolute Gasteiger partial charge is 0.486 e. The van der Waals surface area contributed by atoms with Gasteiger partial charge in [0.1, 0.15) is 28.1 Å². The van der Waals surface area contributed by atoms with Crippen molar-refractivity contribution in [1.82, 2.24) is 14.9 Å². The van der Waals surface area contributed by atoms with Crippen LogP contribution in [0.3, 0.4) is 0 Å². The van der Waals surface area contributed by atoms with Crippen LogP contribution in [0.5, 0.6) is 5.75 Å². The summed E-state index contributed by atoms with van der Waals surface area (Å²) in [6.45, 7) is 5.08. The first kappa shape index (κ1) is 19.9. The maximum Gasteiger partial charge on any atom is 0.269 e. The van der Waals surface area contributed by atoms with Gasteiger partial charge < -0.3 is 4.74 Å². The molecule has 0 atom stereocenters. The number of thiazole rings is 2. The number of carbonyl (C=O) groups is 1. The van der Waals surface area contributed by atoms with Gasteiger partial charge in [-0.1, -0.05) is 0 Å². The molecule has 1 fully saturated rings. The van der Waals surface area contributed by atoms with Crippen molar-refractivity contribution in [3.63, 3.8) is 0 Å². The number of aromatic nitrogens is 2. The van der Waals surface area contributed by atoms with Crippen molar-refractivity contribution in [2.45, 2.75) is 32.9 Å². The van der Waals surface area contributed by atoms with E-state index >= 15 is 0 Å². The third-order valence-electron chi connectivity index (χ3n) is 4.58. The lowest BCUT2D eigenvalue weighted by Gasteiger charge is -2.11. The van der Waals surface area contributed by atoms with E-state index in [4.69, 9.17) is 4.74 Å². The molecular weight excluding hydrogens is 411 g/mol. The van der Waals surface area contributed by atoms with Gasteiger partial charge in [-0.2, -0.15) is 0 Å². The van der Waals surface area contributed by atoms with E-state index in [1.807, 2.05) is 5.38 Å². The average Bonchev–Trinajstić information content (AvgIpc) is 3.44. The van der Waals surface area contributed by atoms with Gasteiger partial charge >= 0.3 is 0 Å². The number of halogens is 1. The molecule has 0 aliphatic carbocycles. The average molecular weight is 433 g/mol. The highest BCUT2D eigenvalue weighted by molar-refractivity contribution is 7.15. The number of rotatable bonds is 7. The van der Waals surface area contributed by atoms with Crippen molar-refractivity contribution in [3.8, 4) is 5.75 Å². The third kappa shape index (κ3) is 5.17. The van der Waals surface area contributed by atoms with Crippen molar-refractivity contribution >= 4 is 33.7 Å². The van der Waals surface area contributed by atoms with Gasteiger partial charge in [-0.15, -0.1) is 22.7 Å². The summed E-state index contributed by atoms with van der Waals surface area (Å²) < 4.78 is 18.6. The summed E-state index contributed by atoms with van der Waals surface area (Å²) in [5.74, 6) is 0.0286. The fourth-order valence-electron chi connectivity index (χ4n) is 3.16. The first-order valence-electron chi connectivity index (χ1n) is 9.39. The molecule has 1 saturated heterocycles. The van der Waals surface area contributed by atoms with E-state index in [2.05, 4.69) is 20.2 Å². The van der Waals surface area contributed by atoms with Crippen molar-refractivity contribution in [2.75, 3.05) is 18.4 Å². The number of nitrogens with one attached hydrogen (secondary N) is 1. The molecule has 1 N–H and O–H groups in total. The molecule has 1 amide bonds. The molecule has 9 heteroatoms. The standard InChI is InChI=1S/C20H21FN4O2S2/c1-13-18(29-17(22-13)11-27-16-6-4-14(21)5-7-16)19(26)24-20-23-15(12-28-20)10-25-8-2-3-9-25/h4-7,12H,2-3,8-11H2,1H3,(H,23,24,26). The number of hydrogen-bond acceptors (Lipinski definition) is 7. The summed E-state index contributed by atoms with van der Waals surface area (Å²) >= 11 is 2.73. The van der Waals surface area contributed by atoms with E-state index in [9.17, 15) is 9.18 Å². The number of hydrogen-bond donors (Lipinski definition) is 1. The van der Waals surface area contributed by atoms with Crippen molar-refractivity contribution in [2.24, 2.45) is 0 Å². The predicted octanol–water partition coefficient (Wildman–Crippen LogP) is 4.47. The summed E-state index contributed by atoms with van der Waals surface area (Å²) in [6.07, 6.45) is 2.48. The second-order valence-electron chi connectivity index (χ2n) is 6.85. The molecule has 3 heterocycles. The second-order valence-corrected chi connectivity index (χ2v) is 8.79. The zero-order chi connectivity index (χ0) is 20.2. The number of benzene rings is 1. The van der Waals surface area contributed by atoms with Crippen LogP contribution < -0.4 is 10.1 Å². The van der Waals surface area contributed by atoms with Gasteiger partial charge in [-0.3, -0.25) is 15.0 Å². The third-order valence-corrected chi connectivity index (χ3v) is 6.52. The number of ether oxygens (including phenoxy) is 1. The Balaban J connectivity index is 1.35. The molecule has 4 rings (SSSR count). The lowest BCUT2D eigenvalue weighted by Crippen LogP contribution is -2.18. The maximum atomic E-state index is 13.0.